The Bertz CT molecular complexity index is 482. The minimum Gasteiger partial charge on any atom is -0.469 e. The quantitative estimate of drug-likeness (QED) is 0.863. The molecular weight excluding hydrogens is 202 g/mol. The minimum atomic E-state index is 0.528. The van der Waals surface area contributed by atoms with Gasteiger partial charge in [0.05, 0.1) is 12.0 Å². The van der Waals surface area contributed by atoms with Gasteiger partial charge in [-0.05, 0) is 18.9 Å². The number of aromatic nitrogens is 2. The summed E-state index contributed by atoms with van der Waals surface area (Å²) in [5, 5.41) is 4.48. The fourth-order valence-electron chi connectivity index (χ4n) is 1.71. The average Bonchev–Trinajstić information content (AvgIpc) is 2.73. The first-order valence-electron chi connectivity index (χ1n) is 5.45. The van der Waals surface area contributed by atoms with E-state index in [1.54, 1.807) is 6.26 Å². The van der Waals surface area contributed by atoms with E-state index in [9.17, 15) is 0 Å². The maximum Gasteiger partial charge on any atom is 0.122 e. The van der Waals surface area contributed by atoms with Crippen LogP contribution in [0.4, 0.5) is 5.82 Å². The zero-order valence-electron chi connectivity index (χ0n) is 9.90. The SMILES string of the molecule is Cc1occc1-c1cc(N)n(CC(C)C)n1. The Kier molecular flexibility index (Phi) is 2.73. The van der Waals surface area contributed by atoms with Gasteiger partial charge >= 0.3 is 0 Å². The van der Waals surface area contributed by atoms with Crippen molar-refractivity contribution in [3.63, 3.8) is 0 Å². The molecule has 0 aliphatic carbocycles. The standard InChI is InChI=1S/C12H17N3O/c1-8(2)7-15-12(13)6-11(14-15)10-4-5-16-9(10)3/h4-6,8H,7,13H2,1-3H3. The van der Waals surface area contributed by atoms with Gasteiger partial charge in [-0.2, -0.15) is 5.10 Å². The van der Waals surface area contributed by atoms with E-state index in [4.69, 9.17) is 10.2 Å². The van der Waals surface area contributed by atoms with E-state index in [2.05, 4.69) is 18.9 Å². The van der Waals surface area contributed by atoms with Crippen molar-refractivity contribution < 1.29 is 4.42 Å². The highest BCUT2D eigenvalue weighted by Crippen LogP contribution is 2.24. The molecule has 0 fully saturated rings. The molecule has 2 rings (SSSR count). The molecule has 0 aliphatic heterocycles. The summed E-state index contributed by atoms with van der Waals surface area (Å²) >= 11 is 0. The zero-order chi connectivity index (χ0) is 11.7. The lowest BCUT2D eigenvalue weighted by Gasteiger charge is -2.05. The molecule has 0 saturated heterocycles. The third-order valence-corrected chi connectivity index (χ3v) is 2.48. The number of nitrogen functional groups attached to an aromatic ring is 1. The molecule has 2 aromatic heterocycles. The topological polar surface area (TPSA) is 57.0 Å². The molecule has 0 atom stereocenters. The van der Waals surface area contributed by atoms with Crippen molar-refractivity contribution >= 4 is 5.82 Å². The van der Waals surface area contributed by atoms with E-state index < -0.39 is 0 Å². The summed E-state index contributed by atoms with van der Waals surface area (Å²) in [6.07, 6.45) is 1.67. The first-order valence-corrected chi connectivity index (χ1v) is 5.45. The Balaban J connectivity index is 2.34. The van der Waals surface area contributed by atoms with Crippen LogP contribution in [-0.2, 0) is 6.54 Å². The van der Waals surface area contributed by atoms with Gasteiger partial charge in [0.15, 0.2) is 0 Å². The second-order valence-corrected chi connectivity index (χ2v) is 4.42. The van der Waals surface area contributed by atoms with Crippen molar-refractivity contribution in [1.82, 2.24) is 9.78 Å². The fraction of sp³-hybridized carbons (Fsp3) is 0.417. The van der Waals surface area contributed by atoms with Gasteiger partial charge in [0.1, 0.15) is 11.6 Å². The number of nitrogens with two attached hydrogens (primary N) is 1. The molecule has 0 spiro atoms. The van der Waals surface area contributed by atoms with Crippen LogP contribution in [0.2, 0.25) is 0 Å². The first kappa shape index (κ1) is 10.8. The van der Waals surface area contributed by atoms with Crippen LogP contribution in [0.15, 0.2) is 22.8 Å². The number of aryl methyl sites for hydroxylation is 1. The lowest BCUT2D eigenvalue weighted by Crippen LogP contribution is -2.09. The molecule has 2 heterocycles. The summed E-state index contributed by atoms with van der Waals surface area (Å²) in [6, 6.07) is 3.80. The van der Waals surface area contributed by atoms with E-state index in [-0.39, 0.29) is 0 Å². The van der Waals surface area contributed by atoms with Crippen LogP contribution in [0.3, 0.4) is 0 Å². The van der Waals surface area contributed by atoms with Crippen LogP contribution in [-0.4, -0.2) is 9.78 Å². The third-order valence-electron chi connectivity index (χ3n) is 2.48. The fourth-order valence-corrected chi connectivity index (χ4v) is 1.71. The van der Waals surface area contributed by atoms with E-state index >= 15 is 0 Å². The van der Waals surface area contributed by atoms with Gasteiger partial charge in [0.25, 0.3) is 0 Å². The molecule has 0 radical (unpaired) electrons. The Labute approximate surface area is 95.1 Å². The minimum absolute atomic E-state index is 0.528. The molecule has 2 N–H and O–H groups in total. The third kappa shape index (κ3) is 1.96. The summed E-state index contributed by atoms with van der Waals surface area (Å²) in [5.41, 5.74) is 7.80. The summed E-state index contributed by atoms with van der Waals surface area (Å²) < 4.78 is 7.10. The smallest absolute Gasteiger partial charge is 0.122 e. The van der Waals surface area contributed by atoms with Crippen LogP contribution >= 0.6 is 0 Å². The highest BCUT2D eigenvalue weighted by atomic mass is 16.3. The molecule has 4 heteroatoms. The average molecular weight is 219 g/mol. The molecule has 0 aliphatic rings. The molecular formula is C12H17N3O. The summed E-state index contributed by atoms with van der Waals surface area (Å²) in [5.74, 6) is 2.10. The summed E-state index contributed by atoms with van der Waals surface area (Å²) in [6.45, 7) is 7.05. The van der Waals surface area contributed by atoms with Crippen LogP contribution in [0.5, 0.6) is 0 Å². The maximum absolute atomic E-state index is 5.92. The highest BCUT2D eigenvalue weighted by molar-refractivity contribution is 5.63. The maximum atomic E-state index is 5.92. The number of nitrogens with zero attached hydrogens (tertiary/aromatic N) is 2. The molecule has 0 aromatic carbocycles. The van der Waals surface area contributed by atoms with Gasteiger partial charge in [-0.3, -0.25) is 0 Å². The second kappa shape index (κ2) is 4.04. The molecule has 16 heavy (non-hydrogen) atoms. The van der Waals surface area contributed by atoms with Gasteiger partial charge in [-0.15, -0.1) is 0 Å². The van der Waals surface area contributed by atoms with Crippen molar-refractivity contribution in [1.29, 1.82) is 0 Å². The van der Waals surface area contributed by atoms with E-state index in [1.807, 2.05) is 23.7 Å². The Morgan fingerprint density at radius 2 is 2.25 bits per heavy atom. The van der Waals surface area contributed by atoms with E-state index in [1.165, 1.54) is 0 Å². The summed E-state index contributed by atoms with van der Waals surface area (Å²) in [4.78, 5) is 0. The largest absolute Gasteiger partial charge is 0.469 e. The van der Waals surface area contributed by atoms with Crippen molar-refractivity contribution in [2.75, 3.05) is 5.73 Å². The summed E-state index contributed by atoms with van der Waals surface area (Å²) in [7, 11) is 0. The monoisotopic (exact) mass is 219 g/mol. The molecule has 2 aromatic rings. The normalized spacial score (nSPS) is 11.2. The number of anilines is 1. The number of furan rings is 1. The van der Waals surface area contributed by atoms with Gasteiger partial charge in [0, 0.05) is 18.2 Å². The van der Waals surface area contributed by atoms with Gasteiger partial charge in [0.2, 0.25) is 0 Å². The number of rotatable bonds is 3. The van der Waals surface area contributed by atoms with Gasteiger partial charge in [-0.25, -0.2) is 4.68 Å². The molecule has 0 unspecified atom stereocenters. The predicted molar refractivity (Wildman–Crippen MR) is 63.9 cm³/mol. The second-order valence-electron chi connectivity index (χ2n) is 4.42. The van der Waals surface area contributed by atoms with Gasteiger partial charge < -0.3 is 10.2 Å². The molecule has 4 nitrogen and oxygen atoms in total. The zero-order valence-corrected chi connectivity index (χ0v) is 9.90. The Hall–Kier alpha value is -1.71. The van der Waals surface area contributed by atoms with Crippen molar-refractivity contribution in [2.45, 2.75) is 27.3 Å². The van der Waals surface area contributed by atoms with Crippen LogP contribution in [0.1, 0.15) is 19.6 Å². The number of hydrogen-bond donors (Lipinski definition) is 1. The van der Waals surface area contributed by atoms with Crippen LogP contribution < -0.4 is 5.73 Å². The molecule has 0 saturated carbocycles. The lowest BCUT2D eigenvalue weighted by atomic mass is 10.2. The van der Waals surface area contributed by atoms with Crippen molar-refractivity contribution in [3.05, 3.63) is 24.2 Å². The lowest BCUT2D eigenvalue weighted by molar-refractivity contribution is 0.489. The first-order chi connectivity index (χ1) is 7.58. The van der Waals surface area contributed by atoms with Crippen molar-refractivity contribution in [2.24, 2.45) is 5.92 Å². The predicted octanol–water partition coefficient (Wildman–Crippen LogP) is 2.69. The Morgan fingerprint density at radius 1 is 1.50 bits per heavy atom. The Morgan fingerprint density at radius 3 is 2.81 bits per heavy atom. The molecule has 0 amide bonds. The van der Waals surface area contributed by atoms with Crippen LogP contribution in [0, 0.1) is 12.8 Å². The van der Waals surface area contributed by atoms with Gasteiger partial charge in [-0.1, -0.05) is 13.8 Å². The number of hydrogen-bond acceptors (Lipinski definition) is 3. The van der Waals surface area contributed by atoms with E-state index in [0.29, 0.717) is 11.7 Å². The molecule has 0 bridgehead atoms. The highest BCUT2D eigenvalue weighted by Gasteiger charge is 2.11. The molecule has 86 valence electrons. The van der Waals surface area contributed by atoms with Crippen LogP contribution in [0.25, 0.3) is 11.3 Å². The van der Waals surface area contributed by atoms with E-state index in [0.717, 1.165) is 23.6 Å². The van der Waals surface area contributed by atoms with Crippen molar-refractivity contribution in [3.8, 4) is 11.3 Å².